The van der Waals surface area contributed by atoms with Gasteiger partial charge in [0.25, 0.3) is 0 Å². The van der Waals surface area contributed by atoms with Crippen LogP contribution in [0.15, 0.2) is 35.7 Å². The Balaban J connectivity index is 2.03. The van der Waals surface area contributed by atoms with Crippen LogP contribution in [0, 0.1) is 6.92 Å². The van der Waals surface area contributed by atoms with E-state index in [9.17, 15) is 4.79 Å². The van der Waals surface area contributed by atoms with E-state index >= 15 is 0 Å². The van der Waals surface area contributed by atoms with Gasteiger partial charge in [-0.15, -0.1) is 11.3 Å². The van der Waals surface area contributed by atoms with Crippen LogP contribution in [-0.2, 0) is 16.8 Å². The molecular weight excluding hydrogens is 256 g/mol. The number of hydrogen-bond acceptors (Lipinski definition) is 3. The molecule has 3 nitrogen and oxygen atoms in total. The summed E-state index contributed by atoms with van der Waals surface area (Å²) in [5.41, 5.74) is 1.48. The second-order valence-electron chi connectivity index (χ2n) is 5.06. The zero-order valence-corrected chi connectivity index (χ0v) is 12.3. The van der Waals surface area contributed by atoms with E-state index in [1.807, 2.05) is 56.5 Å². The zero-order valence-electron chi connectivity index (χ0n) is 11.4. The molecule has 19 heavy (non-hydrogen) atoms. The van der Waals surface area contributed by atoms with Crippen molar-refractivity contribution in [2.24, 2.45) is 0 Å². The van der Waals surface area contributed by atoms with E-state index in [2.05, 4.69) is 10.3 Å². The van der Waals surface area contributed by atoms with Crippen LogP contribution in [0.2, 0.25) is 0 Å². The third-order valence-electron chi connectivity index (χ3n) is 3.13. The van der Waals surface area contributed by atoms with Crippen LogP contribution in [0.4, 0.5) is 0 Å². The lowest BCUT2D eigenvalue weighted by molar-refractivity contribution is -0.125. The van der Waals surface area contributed by atoms with Gasteiger partial charge in [-0.25, -0.2) is 4.98 Å². The van der Waals surface area contributed by atoms with Crippen molar-refractivity contribution in [3.8, 4) is 0 Å². The van der Waals surface area contributed by atoms with Gasteiger partial charge >= 0.3 is 0 Å². The van der Waals surface area contributed by atoms with E-state index in [0.717, 1.165) is 16.3 Å². The van der Waals surface area contributed by atoms with Crippen LogP contribution in [0.25, 0.3) is 0 Å². The number of hydrogen-bond donors (Lipinski definition) is 1. The van der Waals surface area contributed by atoms with Crippen molar-refractivity contribution in [2.75, 3.05) is 0 Å². The highest BCUT2D eigenvalue weighted by Crippen LogP contribution is 2.23. The van der Waals surface area contributed by atoms with E-state index in [-0.39, 0.29) is 5.91 Å². The molecule has 0 fully saturated rings. The summed E-state index contributed by atoms with van der Waals surface area (Å²) in [5.74, 6) is 0.0200. The van der Waals surface area contributed by atoms with Gasteiger partial charge in [-0.05, 0) is 26.3 Å². The second-order valence-corrected chi connectivity index (χ2v) is 6.00. The molecule has 2 aromatic rings. The predicted molar refractivity (Wildman–Crippen MR) is 78.2 cm³/mol. The average molecular weight is 274 g/mol. The fourth-order valence-electron chi connectivity index (χ4n) is 1.85. The fourth-order valence-corrected chi connectivity index (χ4v) is 2.56. The molecule has 0 spiro atoms. The smallest absolute Gasteiger partial charge is 0.230 e. The molecule has 0 saturated heterocycles. The molecule has 0 atom stereocenters. The van der Waals surface area contributed by atoms with E-state index in [0.29, 0.717) is 6.54 Å². The van der Waals surface area contributed by atoms with Gasteiger partial charge in [0.15, 0.2) is 0 Å². The molecule has 1 amide bonds. The predicted octanol–water partition coefficient (Wildman–Crippen LogP) is 3.05. The summed E-state index contributed by atoms with van der Waals surface area (Å²) in [6.07, 6.45) is 0. The zero-order chi connectivity index (χ0) is 13.9. The van der Waals surface area contributed by atoms with Crippen molar-refractivity contribution in [1.29, 1.82) is 0 Å². The lowest BCUT2D eigenvalue weighted by Crippen LogP contribution is -2.39. The number of carbonyl (C=O) groups is 1. The van der Waals surface area contributed by atoms with E-state index in [1.165, 1.54) is 0 Å². The summed E-state index contributed by atoms with van der Waals surface area (Å²) in [6, 6.07) is 9.82. The minimum atomic E-state index is -0.534. The first-order valence-electron chi connectivity index (χ1n) is 6.25. The molecule has 100 valence electrons. The molecule has 0 unspecified atom stereocenters. The lowest BCUT2D eigenvalue weighted by Gasteiger charge is -2.23. The number of aromatic nitrogens is 1. The molecule has 0 saturated carbocycles. The van der Waals surface area contributed by atoms with Crippen molar-refractivity contribution < 1.29 is 4.79 Å². The third-order valence-corrected chi connectivity index (χ3v) is 4.10. The number of aryl methyl sites for hydroxylation is 1. The number of thiazole rings is 1. The fraction of sp³-hybridized carbons (Fsp3) is 0.333. The molecule has 2 rings (SSSR count). The minimum Gasteiger partial charge on any atom is -0.349 e. The van der Waals surface area contributed by atoms with Crippen molar-refractivity contribution in [2.45, 2.75) is 32.7 Å². The summed E-state index contributed by atoms with van der Waals surface area (Å²) in [5, 5.41) is 5.89. The van der Waals surface area contributed by atoms with Crippen LogP contribution in [0.3, 0.4) is 0 Å². The Morgan fingerprint density at radius 1 is 1.32 bits per heavy atom. The Bertz CT molecular complexity index is 561. The Morgan fingerprint density at radius 2 is 2.00 bits per heavy atom. The van der Waals surface area contributed by atoms with Crippen molar-refractivity contribution >= 4 is 17.2 Å². The minimum absolute atomic E-state index is 0.0200. The van der Waals surface area contributed by atoms with Crippen molar-refractivity contribution in [1.82, 2.24) is 10.3 Å². The molecule has 0 bridgehead atoms. The summed E-state index contributed by atoms with van der Waals surface area (Å²) < 4.78 is 0. The van der Waals surface area contributed by atoms with Gasteiger partial charge < -0.3 is 5.32 Å². The van der Waals surface area contributed by atoms with Crippen LogP contribution in [0.5, 0.6) is 0 Å². The topological polar surface area (TPSA) is 42.0 Å². The number of benzene rings is 1. The Hall–Kier alpha value is -1.68. The normalized spacial score (nSPS) is 11.3. The maximum atomic E-state index is 12.3. The third kappa shape index (κ3) is 3.20. The molecule has 1 aromatic heterocycles. The largest absolute Gasteiger partial charge is 0.349 e. The van der Waals surface area contributed by atoms with Crippen molar-refractivity contribution in [3.05, 3.63) is 52.0 Å². The van der Waals surface area contributed by atoms with Gasteiger partial charge in [-0.3, -0.25) is 4.79 Å². The first kappa shape index (κ1) is 13.7. The monoisotopic (exact) mass is 274 g/mol. The Labute approximate surface area is 117 Å². The molecular formula is C15H18N2OS. The maximum Gasteiger partial charge on any atom is 0.230 e. The van der Waals surface area contributed by atoms with E-state index < -0.39 is 5.41 Å². The molecule has 1 N–H and O–H groups in total. The van der Waals surface area contributed by atoms with E-state index in [4.69, 9.17) is 0 Å². The summed E-state index contributed by atoms with van der Waals surface area (Å²) in [4.78, 5) is 16.7. The van der Waals surface area contributed by atoms with Gasteiger partial charge in [0.2, 0.25) is 5.91 Å². The molecule has 1 heterocycles. The highest BCUT2D eigenvalue weighted by molar-refractivity contribution is 7.09. The van der Waals surface area contributed by atoms with Crippen LogP contribution >= 0.6 is 11.3 Å². The molecule has 0 aliphatic rings. The molecule has 1 aromatic carbocycles. The number of nitrogens with one attached hydrogen (secondary N) is 1. The lowest BCUT2D eigenvalue weighted by atomic mass is 9.84. The van der Waals surface area contributed by atoms with Crippen molar-refractivity contribution in [3.63, 3.8) is 0 Å². The van der Waals surface area contributed by atoms with Crippen LogP contribution < -0.4 is 5.32 Å². The SMILES string of the molecule is Cc1csc(CNC(=O)C(C)(C)c2ccccc2)n1. The molecule has 0 radical (unpaired) electrons. The average Bonchev–Trinajstić information content (AvgIpc) is 2.82. The first-order valence-corrected chi connectivity index (χ1v) is 7.13. The standard InChI is InChI=1S/C15H18N2OS/c1-11-10-19-13(17-11)9-16-14(18)15(2,3)12-7-5-4-6-8-12/h4-8,10H,9H2,1-3H3,(H,16,18). The van der Waals surface area contributed by atoms with E-state index in [1.54, 1.807) is 11.3 Å². The number of carbonyl (C=O) groups excluding carboxylic acids is 1. The van der Waals surface area contributed by atoms with Crippen LogP contribution in [-0.4, -0.2) is 10.9 Å². The molecule has 4 heteroatoms. The summed E-state index contributed by atoms with van der Waals surface area (Å²) in [7, 11) is 0. The maximum absolute atomic E-state index is 12.3. The van der Waals surface area contributed by atoms with Gasteiger partial charge in [0.05, 0.1) is 12.0 Å². The van der Waals surface area contributed by atoms with Gasteiger partial charge in [-0.1, -0.05) is 30.3 Å². The molecule has 0 aliphatic heterocycles. The number of rotatable bonds is 4. The highest BCUT2D eigenvalue weighted by atomic mass is 32.1. The number of nitrogens with zero attached hydrogens (tertiary/aromatic N) is 1. The Morgan fingerprint density at radius 3 is 2.58 bits per heavy atom. The summed E-state index contributed by atoms with van der Waals surface area (Å²) >= 11 is 1.57. The second kappa shape index (κ2) is 5.53. The Kier molecular flexibility index (Phi) is 4.00. The quantitative estimate of drug-likeness (QED) is 0.931. The number of amides is 1. The summed E-state index contributed by atoms with van der Waals surface area (Å²) in [6.45, 7) is 6.32. The van der Waals surface area contributed by atoms with Gasteiger partial charge in [0, 0.05) is 11.1 Å². The highest BCUT2D eigenvalue weighted by Gasteiger charge is 2.29. The first-order chi connectivity index (χ1) is 9.00. The van der Waals surface area contributed by atoms with Crippen LogP contribution in [0.1, 0.15) is 30.1 Å². The van der Waals surface area contributed by atoms with Gasteiger partial charge in [0.1, 0.15) is 5.01 Å². The van der Waals surface area contributed by atoms with Gasteiger partial charge in [-0.2, -0.15) is 0 Å². The molecule has 0 aliphatic carbocycles.